The smallest absolute Gasteiger partial charge is 0.124 e. The molecular formula is C19H27N3O2S. The molecule has 136 valence electrons. The van der Waals surface area contributed by atoms with Crippen LogP contribution in [0.15, 0.2) is 18.2 Å². The number of β-amino-alcohol motifs (C(OH)–C–C–N with tert-alkyl or cyclic N) is 1. The number of aromatic nitrogens is 1. The van der Waals surface area contributed by atoms with Gasteiger partial charge in [0.15, 0.2) is 0 Å². The second-order valence-electron chi connectivity index (χ2n) is 6.17. The monoisotopic (exact) mass is 361 g/mol. The van der Waals surface area contributed by atoms with E-state index in [-0.39, 0.29) is 6.61 Å². The maximum absolute atomic E-state index is 10.1. The number of rotatable bonds is 3. The molecule has 2 aliphatic rings. The Balaban J connectivity index is 0.000000880. The van der Waals surface area contributed by atoms with Gasteiger partial charge in [-0.05, 0) is 36.6 Å². The molecule has 0 saturated carbocycles. The molecule has 3 N–H and O–H groups in total. The summed E-state index contributed by atoms with van der Waals surface area (Å²) in [5.41, 5.74) is 3.99. The highest BCUT2D eigenvalue weighted by Crippen LogP contribution is 2.36. The second kappa shape index (κ2) is 8.27. The van der Waals surface area contributed by atoms with Gasteiger partial charge in [-0.15, -0.1) is 11.3 Å². The van der Waals surface area contributed by atoms with Crippen LogP contribution in [-0.4, -0.2) is 34.8 Å². The fraction of sp³-hybridized carbons (Fsp3) is 0.526. The molecule has 1 atom stereocenters. The van der Waals surface area contributed by atoms with Gasteiger partial charge in [-0.25, -0.2) is 4.98 Å². The average Bonchev–Trinajstić information content (AvgIpc) is 3.33. The van der Waals surface area contributed by atoms with Crippen molar-refractivity contribution in [3.05, 3.63) is 34.3 Å². The number of hydrogen-bond acceptors (Lipinski definition) is 6. The number of aliphatic hydroxyl groups is 2. The van der Waals surface area contributed by atoms with Gasteiger partial charge in [0.25, 0.3) is 0 Å². The van der Waals surface area contributed by atoms with Crippen molar-refractivity contribution in [3.63, 3.8) is 0 Å². The van der Waals surface area contributed by atoms with Gasteiger partial charge in [0.05, 0.1) is 17.2 Å². The first-order valence-corrected chi connectivity index (χ1v) is 9.95. The zero-order chi connectivity index (χ0) is 17.8. The average molecular weight is 362 g/mol. The first-order chi connectivity index (χ1) is 12.3. The fourth-order valence-electron chi connectivity index (χ4n) is 3.38. The normalized spacial score (nSPS) is 19.4. The standard InChI is InChI=1S/C17H21N3O2S.C2H6/c21-10-11-7-12(20-5-1-2-6-20)3-4-13(11)17-19-14-8-18-9-15(22)16(14)23-17;1-2/h3-4,7,15,18,21-22H,1-2,5-6,8-10H2;1-2H3. The molecule has 25 heavy (non-hydrogen) atoms. The summed E-state index contributed by atoms with van der Waals surface area (Å²) in [5.74, 6) is 0. The number of nitrogens with zero attached hydrogens (tertiary/aromatic N) is 2. The Hall–Kier alpha value is -1.47. The third-order valence-electron chi connectivity index (χ3n) is 4.62. The lowest BCUT2D eigenvalue weighted by Crippen LogP contribution is -2.26. The van der Waals surface area contributed by atoms with Gasteiger partial charge in [-0.1, -0.05) is 13.8 Å². The maximum Gasteiger partial charge on any atom is 0.124 e. The van der Waals surface area contributed by atoms with Crippen molar-refractivity contribution < 1.29 is 10.2 Å². The number of anilines is 1. The van der Waals surface area contributed by atoms with E-state index in [2.05, 4.69) is 33.4 Å². The molecule has 1 aromatic heterocycles. The van der Waals surface area contributed by atoms with E-state index in [1.165, 1.54) is 29.9 Å². The number of hydrogen-bond donors (Lipinski definition) is 3. The molecule has 0 spiro atoms. The van der Waals surface area contributed by atoms with E-state index in [1.807, 2.05) is 13.8 Å². The zero-order valence-corrected chi connectivity index (χ0v) is 15.8. The Morgan fingerprint density at radius 2 is 2.04 bits per heavy atom. The van der Waals surface area contributed by atoms with E-state index < -0.39 is 6.10 Å². The summed E-state index contributed by atoms with van der Waals surface area (Å²) in [7, 11) is 0. The Labute approximate surface area is 153 Å². The lowest BCUT2D eigenvalue weighted by Gasteiger charge is -2.19. The van der Waals surface area contributed by atoms with Crippen molar-refractivity contribution in [1.82, 2.24) is 10.3 Å². The highest BCUT2D eigenvalue weighted by Gasteiger charge is 2.24. The van der Waals surface area contributed by atoms with Gasteiger partial charge in [-0.3, -0.25) is 0 Å². The van der Waals surface area contributed by atoms with Crippen molar-refractivity contribution in [1.29, 1.82) is 0 Å². The molecule has 0 bridgehead atoms. The summed E-state index contributed by atoms with van der Waals surface area (Å²) in [4.78, 5) is 7.99. The van der Waals surface area contributed by atoms with Crippen LogP contribution in [0.4, 0.5) is 5.69 Å². The van der Waals surface area contributed by atoms with Crippen molar-refractivity contribution in [3.8, 4) is 10.6 Å². The van der Waals surface area contributed by atoms with Crippen LogP contribution in [0, 0.1) is 0 Å². The first kappa shape index (κ1) is 18.3. The molecule has 0 amide bonds. The number of aliphatic hydroxyl groups excluding tert-OH is 2. The van der Waals surface area contributed by atoms with Crippen molar-refractivity contribution in [2.24, 2.45) is 0 Å². The van der Waals surface area contributed by atoms with Crippen LogP contribution in [0.2, 0.25) is 0 Å². The van der Waals surface area contributed by atoms with Gasteiger partial charge in [0.2, 0.25) is 0 Å². The van der Waals surface area contributed by atoms with Crippen molar-refractivity contribution in [2.75, 3.05) is 24.5 Å². The predicted molar refractivity (Wildman–Crippen MR) is 103 cm³/mol. The summed E-state index contributed by atoms with van der Waals surface area (Å²) in [5, 5.41) is 23.9. The molecule has 4 rings (SSSR count). The number of benzene rings is 1. The minimum absolute atomic E-state index is 0.00205. The maximum atomic E-state index is 10.1. The van der Waals surface area contributed by atoms with Crippen LogP contribution < -0.4 is 10.2 Å². The largest absolute Gasteiger partial charge is 0.392 e. The lowest BCUT2D eigenvalue weighted by atomic mass is 10.1. The van der Waals surface area contributed by atoms with Gasteiger partial charge in [0.1, 0.15) is 11.1 Å². The highest BCUT2D eigenvalue weighted by atomic mass is 32.1. The Morgan fingerprint density at radius 3 is 2.72 bits per heavy atom. The Morgan fingerprint density at radius 1 is 1.28 bits per heavy atom. The molecule has 1 aromatic carbocycles. The fourth-order valence-corrected chi connectivity index (χ4v) is 4.51. The van der Waals surface area contributed by atoms with Crippen LogP contribution in [0.5, 0.6) is 0 Å². The summed E-state index contributed by atoms with van der Waals surface area (Å²) in [6, 6.07) is 6.26. The Kier molecular flexibility index (Phi) is 6.06. The number of fused-ring (bicyclic) bond motifs is 1. The van der Waals surface area contributed by atoms with E-state index >= 15 is 0 Å². The molecule has 1 unspecified atom stereocenters. The van der Waals surface area contributed by atoms with Crippen molar-refractivity contribution >= 4 is 17.0 Å². The van der Waals surface area contributed by atoms with Crippen LogP contribution >= 0.6 is 11.3 Å². The number of thiazole rings is 1. The van der Waals surface area contributed by atoms with Gasteiger partial charge in [-0.2, -0.15) is 0 Å². The van der Waals surface area contributed by atoms with Crippen LogP contribution in [0.3, 0.4) is 0 Å². The quantitative estimate of drug-likeness (QED) is 0.784. The Bertz CT molecular complexity index is 711. The predicted octanol–water partition coefficient (Wildman–Crippen LogP) is 3.07. The molecule has 0 radical (unpaired) electrons. The third kappa shape index (κ3) is 3.72. The summed E-state index contributed by atoms with van der Waals surface area (Å²) in [6.07, 6.45) is 1.99. The molecule has 2 aliphatic heterocycles. The number of nitrogens with one attached hydrogen (secondary N) is 1. The molecular weight excluding hydrogens is 334 g/mol. The van der Waals surface area contributed by atoms with E-state index in [9.17, 15) is 10.2 Å². The molecule has 6 heteroatoms. The van der Waals surface area contributed by atoms with E-state index in [4.69, 9.17) is 0 Å². The topological polar surface area (TPSA) is 68.6 Å². The van der Waals surface area contributed by atoms with E-state index in [0.29, 0.717) is 13.1 Å². The van der Waals surface area contributed by atoms with Crippen LogP contribution in [-0.2, 0) is 13.2 Å². The minimum Gasteiger partial charge on any atom is -0.392 e. The first-order valence-electron chi connectivity index (χ1n) is 9.14. The summed E-state index contributed by atoms with van der Waals surface area (Å²) >= 11 is 1.54. The van der Waals surface area contributed by atoms with Crippen molar-refractivity contribution in [2.45, 2.75) is 45.9 Å². The lowest BCUT2D eigenvalue weighted by molar-refractivity contribution is 0.168. The second-order valence-corrected chi connectivity index (χ2v) is 7.20. The third-order valence-corrected chi connectivity index (χ3v) is 5.85. The van der Waals surface area contributed by atoms with Gasteiger partial charge in [0, 0.05) is 37.4 Å². The molecule has 2 aromatic rings. The van der Waals surface area contributed by atoms with Crippen LogP contribution in [0.25, 0.3) is 10.6 Å². The molecule has 3 heterocycles. The molecule has 1 saturated heterocycles. The van der Waals surface area contributed by atoms with Crippen LogP contribution in [0.1, 0.15) is 48.9 Å². The molecule has 0 aliphatic carbocycles. The summed E-state index contributed by atoms with van der Waals surface area (Å²) in [6.45, 7) is 7.46. The molecule has 5 nitrogen and oxygen atoms in total. The minimum atomic E-state index is -0.480. The zero-order valence-electron chi connectivity index (χ0n) is 15.0. The van der Waals surface area contributed by atoms with Gasteiger partial charge < -0.3 is 20.4 Å². The molecule has 1 fully saturated rings. The van der Waals surface area contributed by atoms with E-state index in [1.54, 1.807) is 0 Å². The summed E-state index contributed by atoms with van der Waals surface area (Å²) < 4.78 is 0. The SMILES string of the molecule is CC.OCc1cc(N2CCCC2)ccc1-c1nc2c(s1)C(O)CNC2. The highest BCUT2D eigenvalue weighted by molar-refractivity contribution is 7.15. The van der Waals surface area contributed by atoms with E-state index in [0.717, 1.165) is 39.8 Å². The van der Waals surface area contributed by atoms with Gasteiger partial charge >= 0.3 is 0 Å².